The number of nitriles is 1. The van der Waals surface area contributed by atoms with E-state index in [9.17, 15) is 26.3 Å². The second-order valence-electron chi connectivity index (χ2n) is 5.65. The lowest BCUT2D eigenvalue weighted by atomic mass is 10.1. The van der Waals surface area contributed by atoms with Gasteiger partial charge in [-0.3, -0.25) is 0 Å². The van der Waals surface area contributed by atoms with Gasteiger partial charge in [0.1, 0.15) is 6.61 Å². The number of alkyl halides is 6. The van der Waals surface area contributed by atoms with Gasteiger partial charge in [-0.25, -0.2) is 0 Å². The van der Waals surface area contributed by atoms with Crippen LogP contribution >= 0.6 is 0 Å². The molecule has 0 saturated heterocycles. The summed E-state index contributed by atoms with van der Waals surface area (Å²) < 4.78 is 79.4. The summed E-state index contributed by atoms with van der Waals surface area (Å²) in [7, 11) is 0. The van der Waals surface area contributed by atoms with E-state index in [-0.39, 0.29) is 18.8 Å². The van der Waals surface area contributed by atoms with Gasteiger partial charge in [0.05, 0.1) is 23.8 Å². The second-order valence-corrected chi connectivity index (χ2v) is 5.65. The normalized spacial score (nSPS) is 11.9. The molecule has 0 bridgehead atoms. The first-order valence-electron chi connectivity index (χ1n) is 7.66. The number of halogens is 6. The molecular weight excluding hydrogens is 374 g/mol. The molecule has 0 fully saturated rings. The second kappa shape index (κ2) is 8.31. The Bertz CT molecular complexity index is 807. The molecule has 9 heteroatoms. The molecule has 0 unspecified atom stereocenters. The average molecular weight is 388 g/mol. The van der Waals surface area contributed by atoms with Gasteiger partial charge in [-0.1, -0.05) is 24.3 Å². The van der Waals surface area contributed by atoms with E-state index >= 15 is 0 Å². The summed E-state index contributed by atoms with van der Waals surface area (Å²) in [6, 6.07) is 11.2. The number of hydrogen-bond acceptors (Lipinski definition) is 3. The molecule has 0 aromatic heterocycles. The van der Waals surface area contributed by atoms with Crippen LogP contribution in [-0.4, -0.2) is 12.8 Å². The zero-order valence-corrected chi connectivity index (χ0v) is 13.8. The monoisotopic (exact) mass is 388 g/mol. The quantitative estimate of drug-likeness (QED) is 0.686. The molecule has 0 aliphatic carbocycles. The fraction of sp³-hybridized carbons (Fsp3) is 0.278. The van der Waals surface area contributed by atoms with Crippen molar-refractivity contribution in [3.63, 3.8) is 0 Å². The van der Waals surface area contributed by atoms with Crippen LogP contribution in [0, 0.1) is 11.3 Å². The molecular formula is C18H14F6N2O. The van der Waals surface area contributed by atoms with Crippen molar-refractivity contribution in [3.05, 3.63) is 64.7 Å². The molecule has 0 radical (unpaired) electrons. The number of ether oxygens (including phenoxy) is 1. The highest BCUT2D eigenvalue weighted by atomic mass is 19.4. The van der Waals surface area contributed by atoms with Crippen LogP contribution < -0.4 is 5.32 Å². The zero-order valence-electron chi connectivity index (χ0n) is 13.8. The van der Waals surface area contributed by atoms with Gasteiger partial charge in [-0.15, -0.1) is 0 Å². The Morgan fingerprint density at radius 2 is 1.56 bits per heavy atom. The van der Waals surface area contributed by atoms with Crippen molar-refractivity contribution in [1.29, 1.82) is 5.26 Å². The van der Waals surface area contributed by atoms with Gasteiger partial charge in [-0.05, 0) is 29.3 Å². The Kier molecular flexibility index (Phi) is 6.33. The maximum atomic E-state index is 12.9. The van der Waals surface area contributed by atoms with E-state index in [0.717, 1.165) is 12.1 Å². The maximum Gasteiger partial charge on any atom is 0.417 e. The van der Waals surface area contributed by atoms with Crippen LogP contribution in [-0.2, 0) is 24.1 Å². The number of rotatable bonds is 6. The molecule has 0 saturated carbocycles. The van der Waals surface area contributed by atoms with Gasteiger partial charge in [0.25, 0.3) is 0 Å². The molecule has 0 heterocycles. The zero-order chi connectivity index (χ0) is 20.1. The van der Waals surface area contributed by atoms with Gasteiger partial charge in [0.2, 0.25) is 0 Å². The van der Waals surface area contributed by atoms with Crippen LogP contribution in [0.1, 0.15) is 22.3 Å². The molecule has 0 aliphatic rings. The molecule has 0 amide bonds. The van der Waals surface area contributed by atoms with Crippen LogP contribution in [0.2, 0.25) is 0 Å². The maximum absolute atomic E-state index is 12.9. The van der Waals surface area contributed by atoms with Crippen LogP contribution in [0.5, 0.6) is 0 Å². The highest BCUT2D eigenvalue weighted by molar-refractivity contribution is 5.53. The summed E-state index contributed by atoms with van der Waals surface area (Å²) in [5.41, 5.74) is -0.0319. The highest BCUT2D eigenvalue weighted by Crippen LogP contribution is 2.33. The van der Waals surface area contributed by atoms with E-state index in [0.29, 0.717) is 11.1 Å². The van der Waals surface area contributed by atoms with Crippen molar-refractivity contribution < 1.29 is 31.1 Å². The molecule has 0 aliphatic heterocycles. The first-order valence-corrected chi connectivity index (χ1v) is 7.66. The van der Waals surface area contributed by atoms with Crippen LogP contribution in [0.15, 0.2) is 42.5 Å². The lowest BCUT2D eigenvalue weighted by Crippen LogP contribution is -2.16. The minimum atomic E-state index is -4.64. The summed E-state index contributed by atoms with van der Waals surface area (Å²) in [5, 5.41) is 11.6. The first-order chi connectivity index (χ1) is 12.6. The number of hydrogen-bond donors (Lipinski definition) is 1. The fourth-order valence-electron chi connectivity index (χ4n) is 2.23. The van der Waals surface area contributed by atoms with Crippen molar-refractivity contribution in [3.8, 4) is 6.07 Å². The largest absolute Gasteiger partial charge is 0.417 e. The summed E-state index contributed by atoms with van der Waals surface area (Å²) >= 11 is 0. The minimum absolute atomic E-state index is 0.193. The van der Waals surface area contributed by atoms with Gasteiger partial charge < -0.3 is 10.1 Å². The number of nitrogens with one attached hydrogen (secondary N) is 1. The predicted octanol–water partition coefficient (Wildman–Crippen LogP) is 5.27. The summed E-state index contributed by atoms with van der Waals surface area (Å²) in [4.78, 5) is 0. The molecule has 2 aromatic carbocycles. The van der Waals surface area contributed by atoms with E-state index in [1.807, 2.05) is 0 Å². The summed E-state index contributed by atoms with van der Waals surface area (Å²) in [6.07, 6.45) is -9.03. The smallest absolute Gasteiger partial charge is 0.381 e. The Hall–Kier alpha value is -2.73. The number of anilines is 1. The summed E-state index contributed by atoms with van der Waals surface area (Å²) in [6.45, 7) is -1.33. The van der Waals surface area contributed by atoms with E-state index in [2.05, 4.69) is 10.1 Å². The third-order valence-corrected chi connectivity index (χ3v) is 3.50. The number of benzene rings is 2. The first kappa shape index (κ1) is 20.6. The van der Waals surface area contributed by atoms with Crippen molar-refractivity contribution in [2.45, 2.75) is 25.5 Å². The molecule has 0 atom stereocenters. The molecule has 1 N–H and O–H groups in total. The predicted molar refractivity (Wildman–Crippen MR) is 85.6 cm³/mol. The van der Waals surface area contributed by atoms with E-state index < -0.39 is 30.1 Å². The Balaban J connectivity index is 1.96. The Labute approximate surface area is 151 Å². The van der Waals surface area contributed by atoms with Gasteiger partial charge >= 0.3 is 12.4 Å². The van der Waals surface area contributed by atoms with Crippen molar-refractivity contribution >= 4 is 5.69 Å². The molecule has 144 valence electrons. The minimum Gasteiger partial charge on any atom is -0.381 e. The molecule has 27 heavy (non-hydrogen) atoms. The van der Waals surface area contributed by atoms with Crippen LogP contribution in [0.3, 0.4) is 0 Å². The Morgan fingerprint density at radius 1 is 0.926 bits per heavy atom. The standard InChI is InChI=1S/C18H14F6N2O/c19-17(20,21)11-27-10-13-3-1-12(2-4-13)9-26-15-6-5-14(8-25)16(7-15)18(22,23)24/h1-7,26H,9-11H2. The molecule has 0 spiro atoms. The molecule has 2 rings (SSSR count). The Morgan fingerprint density at radius 3 is 2.11 bits per heavy atom. The van der Waals surface area contributed by atoms with Gasteiger partial charge in [-0.2, -0.15) is 31.6 Å². The van der Waals surface area contributed by atoms with Crippen molar-refractivity contribution in [2.24, 2.45) is 0 Å². The van der Waals surface area contributed by atoms with E-state index in [4.69, 9.17) is 5.26 Å². The van der Waals surface area contributed by atoms with Crippen molar-refractivity contribution in [1.82, 2.24) is 0 Å². The van der Waals surface area contributed by atoms with E-state index in [1.54, 1.807) is 24.3 Å². The third-order valence-electron chi connectivity index (χ3n) is 3.50. The van der Waals surface area contributed by atoms with Gasteiger partial charge in [0.15, 0.2) is 0 Å². The van der Waals surface area contributed by atoms with Gasteiger partial charge in [0, 0.05) is 12.2 Å². The molecule has 3 nitrogen and oxygen atoms in total. The SMILES string of the molecule is N#Cc1ccc(NCc2ccc(COCC(F)(F)F)cc2)cc1C(F)(F)F. The summed E-state index contributed by atoms with van der Waals surface area (Å²) in [5.74, 6) is 0. The third kappa shape index (κ3) is 6.49. The van der Waals surface area contributed by atoms with Crippen molar-refractivity contribution in [2.75, 3.05) is 11.9 Å². The fourth-order valence-corrected chi connectivity index (χ4v) is 2.23. The lowest BCUT2D eigenvalue weighted by Gasteiger charge is -2.12. The van der Waals surface area contributed by atoms with Crippen LogP contribution in [0.4, 0.5) is 32.0 Å². The highest BCUT2D eigenvalue weighted by Gasteiger charge is 2.33. The lowest BCUT2D eigenvalue weighted by molar-refractivity contribution is -0.176. The van der Waals surface area contributed by atoms with Crippen LogP contribution in [0.25, 0.3) is 0 Å². The molecule has 2 aromatic rings. The average Bonchev–Trinajstić information content (AvgIpc) is 2.59. The number of nitrogens with zero attached hydrogens (tertiary/aromatic N) is 1. The van der Waals surface area contributed by atoms with E-state index in [1.165, 1.54) is 12.1 Å². The topological polar surface area (TPSA) is 45.0 Å².